The van der Waals surface area contributed by atoms with Gasteiger partial charge in [-0.3, -0.25) is 14.4 Å². The standard InChI is InChI=1S/C24H29Cl2N5O3/c1-24(2,3)11-20(23(34)29-15(12-27)7-13-5-4-6-28-21(13)32)31-22(33)19-10-16-17(26)8-14(25)9-18(16)30-19/h8-10,13,15,20,30H,4-7,11H2,1-3H3,(H,28,32)(H,29,34)(H,31,33)/t13-,15?,20?/m0/s1. The van der Waals surface area contributed by atoms with Crippen molar-refractivity contribution >= 4 is 51.8 Å². The van der Waals surface area contributed by atoms with Crippen molar-refractivity contribution in [1.29, 1.82) is 5.26 Å². The maximum Gasteiger partial charge on any atom is 0.268 e. The monoisotopic (exact) mass is 505 g/mol. The number of carbonyl (C=O) groups is 3. The van der Waals surface area contributed by atoms with Gasteiger partial charge in [-0.1, -0.05) is 44.0 Å². The summed E-state index contributed by atoms with van der Waals surface area (Å²) in [6.45, 7) is 6.50. The van der Waals surface area contributed by atoms with Crippen molar-refractivity contribution in [2.45, 2.75) is 58.5 Å². The molecule has 1 saturated heterocycles. The zero-order valence-electron chi connectivity index (χ0n) is 19.4. The van der Waals surface area contributed by atoms with Crippen LogP contribution in [0.25, 0.3) is 10.9 Å². The van der Waals surface area contributed by atoms with Gasteiger partial charge in [0.25, 0.3) is 5.91 Å². The molecule has 0 radical (unpaired) electrons. The fourth-order valence-electron chi connectivity index (χ4n) is 4.10. The molecule has 0 saturated carbocycles. The largest absolute Gasteiger partial charge is 0.356 e. The van der Waals surface area contributed by atoms with Gasteiger partial charge < -0.3 is 20.9 Å². The molecule has 2 unspecified atom stereocenters. The van der Waals surface area contributed by atoms with Gasteiger partial charge in [-0.25, -0.2) is 0 Å². The third-order valence-electron chi connectivity index (χ3n) is 5.73. The first-order valence-corrected chi connectivity index (χ1v) is 12.0. The maximum atomic E-state index is 13.1. The van der Waals surface area contributed by atoms with E-state index in [0.717, 1.165) is 6.42 Å². The molecule has 0 aliphatic carbocycles. The van der Waals surface area contributed by atoms with E-state index in [2.05, 4.69) is 27.0 Å². The maximum absolute atomic E-state index is 13.1. The van der Waals surface area contributed by atoms with Crippen LogP contribution < -0.4 is 16.0 Å². The number of carbonyl (C=O) groups excluding carboxylic acids is 3. The van der Waals surface area contributed by atoms with Gasteiger partial charge in [0.2, 0.25) is 11.8 Å². The van der Waals surface area contributed by atoms with Crippen LogP contribution in [-0.4, -0.2) is 41.3 Å². The number of hydrogen-bond acceptors (Lipinski definition) is 4. The molecule has 3 rings (SSSR count). The lowest BCUT2D eigenvalue weighted by Crippen LogP contribution is -2.51. The van der Waals surface area contributed by atoms with E-state index < -0.39 is 23.9 Å². The Morgan fingerprint density at radius 1 is 1.24 bits per heavy atom. The zero-order chi connectivity index (χ0) is 25.0. The van der Waals surface area contributed by atoms with E-state index in [9.17, 15) is 19.6 Å². The predicted octanol–water partition coefficient (Wildman–Crippen LogP) is 3.93. The summed E-state index contributed by atoms with van der Waals surface area (Å²) in [5.41, 5.74) is 0.564. The van der Waals surface area contributed by atoms with Crippen molar-refractivity contribution in [3.63, 3.8) is 0 Å². The molecule has 3 atom stereocenters. The molecule has 10 heteroatoms. The van der Waals surface area contributed by atoms with Gasteiger partial charge in [-0.2, -0.15) is 5.26 Å². The first kappa shape index (κ1) is 25.9. The van der Waals surface area contributed by atoms with E-state index >= 15 is 0 Å². The topological polar surface area (TPSA) is 127 Å². The molecule has 3 amide bonds. The second-order valence-corrected chi connectivity index (χ2v) is 10.7. The molecular weight excluding hydrogens is 477 g/mol. The van der Waals surface area contributed by atoms with Crippen molar-refractivity contribution in [1.82, 2.24) is 20.9 Å². The van der Waals surface area contributed by atoms with Crippen LogP contribution in [0.4, 0.5) is 0 Å². The summed E-state index contributed by atoms with van der Waals surface area (Å²) in [6, 6.07) is 5.22. The van der Waals surface area contributed by atoms with Crippen molar-refractivity contribution in [2.24, 2.45) is 11.3 Å². The number of H-pyrrole nitrogens is 1. The molecule has 1 aromatic heterocycles. The molecule has 1 aliphatic rings. The summed E-state index contributed by atoms with van der Waals surface area (Å²) in [5.74, 6) is -1.37. The SMILES string of the molecule is CC(C)(C)CC(NC(=O)c1cc2c(Cl)cc(Cl)cc2[nH]1)C(=O)NC(C#N)C[C@@H]1CCCNC1=O. The first-order chi connectivity index (χ1) is 16.0. The molecule has 182 valence electrons. The third-order valence-corrected chi connectivity index (χ3v) is 6.26. The van der Waals surface area contributed by atoms with E-state index in [-0.39, 0.29) is 29.4 Å². The van der Waals surface area contributed by atoms with E-state index in [1.165, 1.54) is 0 Å². The van der Waals surface area contributed by atoms with E-state index in [0.29, 0.717) is 40.3 Å². The summed E-state index contributed by atoms with van der Waals surface area (Å²) in [5, 5.41) is 19.4. The Morgan fingerprint density at radius 2 is 1.97 bits per heavy atom. The van der Waals surface area contributed by atoms with Gasteiger partial charge in [0.05, 0.1) is 11.1 Å². The number of halogens is 2. The molecule has 2 heterocycles. The molecule has 34 heavy (non-hydrogen) atoms. The lowest BCUT2D eigenvalue weighted by atomic mass is 9.87. The number of nitrogens with one attached hydrogen (secondary N) is 4. The number of aromatic amines is 1. The van der Waals surface area contributed by atoms with Crippen molar-refractivity contribution in [2.75, 3.05) is 6.54 Å². The normalized spacial score (nSPS) is 18.0. The summed E-state index contributed by atoms with van der Waals surface area (Å²) in [6.07, 6.45) is 2.09. The van der Waals surface area contributed by atoms with Crippen molar-refractivity contribution in [3.8, 4) is 6.07 Å². The number of nitriles is 1. The number of nitrogens with zero attached hydrogens (tertiary/aromatic N) is 1. The third kappa shape index (κ3) is 6.64. The van der Waals surface area contributed by atoms with Crippen LogP contribution in [0.15, 0.2) is 18.2 Å². The second kappa shape index (κ2) is 10.7. The summed E-state index contributed by atoms with van der Waals surface area (Å²) >= 11 is 12.3. The Labute approximate surface area is 208 Å². The van der Waals surface area contributed by atoms with Crippen molar-refractivity contribution in [3.05, 3.63) is 33.9 Å². The molecule has 1 aliphatic heterocycles. The summed E-state index contributed by atoms with van der Waals surface area (Å²) in [7, 11) is 0. The van der Waals surface area contributed by atoms with Gasteiger partial charge in [-0.05, 0) is 49.3 Å². The van der Waals surface area contributed by atoms with Crippen LogP contribution in [-0.2, 0) is 9.59 Å². The van der Waals surface area contributed by atoms with Gasteiger partial charge in [-0.15, -0.1) is 0 Å². The lowest BCUT2D eigenvalue weighted by molar-refractivity contribution is -0.128. The average Bonchev–Trinajstić information content (AvgIpc) is 3.18. The van der Waals surface area contributed by atoms with Crippen LogP contribution in [0.3, 0.4) is 0 Å². The number of rotatable bonds is 7. The number of piperidine rings is 1. The zero-order valence-corrected chi connectivity index (χ0v) is 20.9. The highest BCUT2D eigenvalue weighted by Crippen LogP contribution is 2.29. The highest BCUT2D eigenvalue weighted by atomic mass is 35.5. The Hall–Kier alpha value is -2.76. The van der Waals surface area contributed by atoms with Gasteiger partial charge in [0, 0.05) is 28.4 Å². The molecular formula is C24H29Cl2N5O3. The number of aromatic nitrogens is 1. The fraction of sp³-hybridized carbons (Fsp3) is 0.500. The molecule has 4 N–H and O–H groups in total. The molecule has 2 aromatic rings. The van der Waals surface area contributed by atoms with Crippen LogP contribution in [0.2, 0.25) is 10.0 Å². The molecule has 0 bridgehead atoms. The van der Waals surface area contributed by atoms with Gasteiger partial charge >= 0.3 is 0 Å². The van der Waals surface area contributed by atoms with E-state index in [1.807, 2.05) is 20.8 Å². The second-order valence-electron chi connectivity index (χ2n) is 9.88. The fourth-order valence-corrected chi connectivity index (χ4v) is 4.65. The number of hydrogen-bond donors (Lipinski definition) is 4. The Morgan fingerprint density at radius 3 is 2.62 bits per heavy atom. The van der Waals surface area contributed by atoms with E-state index in [4.69, 9.17) is 23.2 Å². The number of fused-ring (bicyclic) bond motifs is 1. The molecule has 8 nitrogen and oxygen atoms in total. The number of benzene rings is 1. The minimum absolute atomic E-state index is 0.0992. The highest BCUT2D eigenvalue weighted by Gasteiger charge is 2.31. The Kier molecular flexibility index (Phi) is 8.11. The van der Waals surface area contributed by atoms with Gasteiger partial charge in [0.15, 0.2) is 0 Å². The van der Waals surface area contributed by atoms with Crippen LogP contribution >= 0.6 is 23.2 Å². The average molecular weight is 506 g/mol. The van der Waals surface area contributed by atoms with Crippen LogP contribution in [0, 0.1) is 22.7 Å². The quantitative estimate of drug-likeness (QED) is 0.454. The molecule has 1 aromatic carbocycles. The van der Waals surface area contributed by atoms with Gasteiger partial charge in [0.1, 0.15) is 17.8 Å². The predicted molar refractivity (Wildman–Crippen MR) is 132 cm³/mol. The number of amides is 3. The first-order valence-electron chi connectivity index (χ1n) is 11.2. The minimum atomic E-state index is -0.881. The van der Waals surface area contributed by atoms with Crippen molar-refractivity contribution < 1.29 is 14.4 Å². The smallest absolute Gasteiger partial charge is 0.268 e. The van der Waals surface area contributed by atoms with Crippen LogP contribution in [0.1, 0.15) is 56.9 Å². The minimum Gasteiger partial charge on any atom is -0.356 e. The summed E-state index contributed by atoms with van der Waals surface area (Å²) < 4.78 is 0. The molecule has 0 spiro atoms. The highest BCUT2D eigenvalue weighted by molar-refractivity contribution is 6.38. The Bertz CT molecular complexity index is 1130. The summed E-state index contributed by atoms with van der Waals surface area (Å²) in [4.78, 5) is 41.2. The van der Waals surface area contributed by atoms with E-state index in [1.54, 1.807) is 18.2 Å². The Balaban J connectivity index is 1.74. The molecule has 1 fully saturated rings. The lowest BCUT2D eigenvalue weighted by Gasteiger charge is -2.28. The van der Waals surface area contributed by atoms with Crippen LogP contribution in [0.5, 0.6) is 0 Å².